The van der Waals surface area contributed by atoms with Crippen molar-refractivity contribution in [1.29, 1.82) is 0 Å². The summed E-state index contributed by atoms with van der Waals surface area (Å²) in [5.74, 6) is 0.447. The first kappa shape index (κ1) is 16.6. The van der Waals surface area contributed by atoms with E-state index in [1.807, 2.05) is 0 Å². The number of nitro benzene ring substituents is 1. The largest absolute Gasteiger partial charge is 0.350 e. The van der Waals surface area contributed by atoms with E-state index in [9.17, 15) is 14.5 Å². The highest BCUT2D eigenvalue weighted by atomic mass is 79.9. The van der Waals surface area contributed by atoms with Gasteiger partial charge in [-0.15, -0.1) is 0 Å². The topological polar surface area (TPSA) is 73.0 Å². The molecule has 1 heterocycles. The Kier molecular flexibility index (Phi) is 4.59. The molecule has 1 fully saturated rings. The van der Waals surface area contributed by atoms with E-state index < -0.39 is 11.1 Å². The Morgan fingerprint density at radius 3 is 2.78 bits per heavy atom. The van der Waals surface area contributed by atoms with Crippen molar-refractivity contribution in [1.82, 2.24) is 9.55 Å². The van der Waals surface area contributed by atoms with E-state index in [4.69, 9.17) is 0 Å². The SMILES string of the molecule is Cn1c(NC2CCCCC2F)nc2c([N+](=O)[O-])c(Br)c(Br)cc21. The van der Waals surface area contributed by atoms with Gasteiger partial charge in [-0.3, -0.25) is 10.1 Å². The molecule has 3 rings (SSSR count). The van der Waals surface area contributed by atoms with E-state index in [0.29, 0.717) is 26.8 Å². The minimum absolute atomic E-state index is 0.0986. The Morgan fingerprint density at radius 1 is 1.43 bits per heavy atom. The van der Waals surface area contributed by atoms with Crippen molar-refractivity contribution in [2.45, 2.75) is 37.9 Å². The number of aromatic nitrogens is 2. The first-order chi connectivity index (χ1) is 10.9. The van der Waals surface area contributed by atoms with E-state index in [1.54, 1.807) is 17.7 Å². The van der Waals surface area contributed by atoms with Gasteiger partial charge in [-0.25, -0.2) is 9.37 Å². The maximum Gasteiger partial charge on any atom is 0.312 e. The lowest BCUT2D eigenvalue weighted by Crippen LogP contribution is -2.34. The van der Waals surface area contributed by atoms with Crippen LogP contribution < -0.4 is 5.32 Å². The van der Waals surface area contributed by atoms with Crippen molar-refractivity contribution in [3.63, 3.8) is 0 Å². The number of fused-ring (bicyclic) bond motifs is 1. The minimum atomic E-state index is -0.919. The fraction of sp³-hybridized carbons (Fsp3) is 0.500. The standard InChI is InChI=1S/C14H15Br2FN4O2/c1-20-10-6-7(15)11(16)13(21(22)23)12(10)19-14(20)18-9-5-3-2-4-8(9)17/h6,8-9H,2-5H2,1H3,(H,18,19). The highest BCUT2D eigenvalue weighted by Crippen LogP contribution is 2.39. The summed E-state index contributed by atoms with van der Waals surface area (Å²) in [6.07, 6.45) is 2.22. The molecule has 0 spiro atoms. The van der Waals surface area contributed by atoms with Crippen LogP contribution in [0.2, 0.25) is 0 Å². The van der Waals surface area contributed by atoms with E-state index in [-0.39, 0.29) is 17.2 Å². The van der Waals surface area contributed by atoms with Gasteiger partial charge in [-0.2, -0.15) is 0 Å². The number of alkyl halides is 1. The third-order valence-electron chi connectivity index (χ3n) is 4.22. The predicted molar refractivity (Wildman–Crippen MR) is 93.5 cm³/mol. The Morgan fingerprint density at radius 2 is 2.13 bits per heavy atom. The number of hydrogen-bond acceptors (Lipinski definition) is 4. The summed E-state index contributed by atoms with van der Waals surface area (Å²) in [4.78, 5) is 15.3. The molecule has 0 saturated heterocycles. The number of imidazole rings is 1. The molecule has 1 aliphatic rings. The van der Waals surface area contributed by atoms with Gasteiger partial charge in [0.15, 0.2) is 5.52 Å². The Hall–Kier alpha value is -1.22. The second kappa shape index (κ2) is 6.35. The van der Waals surface area contributed by atoms with Gasteiger partial charge in [0.05, 0.1) is 16.5 Å². The molecule has 1 aromatic carbocycles. The quantitative estimate of drug-likeness (QED) is 0.544. The molecule has 0 radical (unpaired) electrons. The number of aryl methyl sites for hydroxylation is 1. The van der Waals surface area contributed by atoms with Gasteiger partial charge >= 0.3 is 5.69 Å². The van der Waals surface area contributed by atoms with Gasteiger partial charge in [-0.05, 0) is 50.8 Å². The maximum absolute atomic E-state index is 14.0. The lowest BCUT2D eigenvalue weighted by atomic mass is 9.94. The Labute approximate surface area is 148 Å². The van der Waals surface area contributed by atoms with Gasteiger partial charge in [0.25, 0.3) is 0 Å². The van der Waals surface area contributed by atoms with Gasteiger partial charge in [0.1, 0.15) is 10.6 Å². The molecule has 2 aromatic rings. The van der Waals surface area contributed by atoms with Crippen LogP contribution in [0.3, 0.4) is 0 Å². The Balaban J connectivity index is 2.07. The summed E-state index contributed by atoms with van der Waals surface area (Å²) < 4.78 is 16.7. The number of rotatable bonds is 3. The number of nitrogens with zero attached hydrogens (tertiary/aromatic N) is 3. The van der Waals surface area contributed by atoms with Crippen molar-refractivity contribution < 1.29 is 9.31 Å². The lowest BCUT2D eigenvalue weighted by molar-refractivity contribution is -0.384. The molecular weight excluding hydrogens is 435 g/mol. The summed E-state index contributed by atoms with van der Waals surface area (Å²) in [7, 11) is 1.76. The van der Waals surface area contributed by atoms with Gasteiger partial charge in [0, 0.05) is 11.5 Å². The summed E-state index contributed by atoms with van der Waals surface area (Å²) in [6, 6.07) is 1.46. The zero-order valence-corrected chi connectivity index (χ0v) is 15.5. The molecule has 1 N–H and O–H groups in total. The van der Waals surface area contributed by atoms with Crippen LogP contribution in [0.25, 0.3) is 11.0 Å². The van der Waals surface area contributed by atoms with E-state index in [1.165, 1.54) is 0 Å². The summed E-state index contributed by atoms with van der Waals surface area (Å²) in [6.45, 7) is 0. The second-order valence-corrected chi connectivity index (χ2v) is 7.34. The van der Waals surface area contributed by atoms with E-state index in [2.05, 4.69) is 42.2 Å². The number of nitro groups is 1. The molecule has 23 heavy (non-hydrogen) atoms. The summed E-state index contributed by atoms with van der Waals surface area (Å²) >= 11 is 6.54. The normalized spacial score (nSPS) is 21.6. The molecule has 6 nitrogen and oxygen atoms in total. The van der Waals surface area contributed by atoms with Crippen LogP contribution in [0.15, 0.2) is 15.0 Å². The third-order valence-corrected chi connectivity index (χ3v) is 6.18. The van der Waals surface area contributed by atoms with Crippen LogP contribution in [-0.2, 0) is 7.05 Å². The van der Waals surface area contributed by atoms with Crippen molar-refractivity contribution in [2.24, 2.45) is 7.05 Å². The smallest absolute Gasteiger partial charge is 0.312 e. The van der Waals surface area contributed by atoms with Crippen molar-refractivity contribution in [3.8, 4) is 0 Å². The first-order valence-corrected chi connectivity index (χ1v) is 8.88. The number of anilines is 1. The number of halogens is 3. The van der Waals surface area contributed by atoms with Crippen LogP contribution in [0, 0.1) is 10.1 Å². The molecule has 0 amide bonds. The maximum atomic E-state index is 14.0. The van der Waals surface area contributed by atoms with E-state index in [0.717, 1.165) is 19.3 Å². The van der Waals surface area contributed by atoms with Crippen molar-refractivity contribution >= 4 is 54.5 Å². The molecule has 9 heteroatoms. The highest BCUT2D eigenvalue weighted by Gasteiger charge is 2.28. The van der Waals surface area contributed by atoms with Crippen LogP contribution >= 0.6 is 31.9 Å². The molecular formula is C14H15Br2FN4O2. The van der Waals surface area contributed by atoms with Crippen molar-refractivity contribution in [2.75, 3.05) is 5.32 Å². The molecule has 2 unspecified atom stereocenters. The van der Waals surface area contributed by atoms with Gasteiger partial charge in [0.2, 0.25) is 5.95 Å². The Bertz CT molecular complexity index is 780. The fourth-order valence-corrected chi connectivity index (χ4v) is 3.81. The zero-order valence-electron chi connectivity index (χ0n) is 12.4. The van der Waals surface area contributed by atoms with Crippen LogP contribution in [0.4, 0.5) is 16.0 Å². The average Bonchev–Trinajstić information content (AvgIpc) is 2.79. The molecule has 2 atom stereocenters. The van der Waals surface area contributed by atoms with Gasteiger partial charge < -0.3 is 9.88 Å². The second-order valence-electron chi connectivity index (χ2n) is 5.69. The predicted octanol–water partition coefficient (Wildman–Crippen LogP) is 4.70. The van der Waals surface area contributed by atoms with Crippen LogP contribution in [0.1, 0.15) is 25.7 Å². The molecule has 1 saturated carbocycles. The molecule has 0 aliphatic heterocycles. The molecule has 0 bridgehead atoms. The molecule has 1 aromatic heterocycles. The van der Waals surface area contributed by atoms with Crippen LogP contribution in [-0.4, -0.2) is 26.7 Å². The van der Waals surface area contributed by atoms with E-state index >= 15 is 0 Å². The average molecular weight is 450 g/mol. The zero-order chi connectivity index (χ0) is 16.7. The minimum Gasteiger partial charge on any atom is -0.350 e. The van der Waals surface area contributed by atoms with Gasteiger partial charge in [-0.1, -0.05) is 12.8 Å². The summed E-state index contributed by atoms with van der Waals surface area (Å²) in [5, 5.41) is 14.5. The van der Waals surface area contributed by atoms with Crippen LogP contribution in [0.5, 0.6) is 0 Å². The molecule has 124 valence electrons. The lowest BCUT2D eigenvalue weighted by Gasteiger charge is -2.26. The highest BCUT2D eigenvalue weighted by molar-refractivity contribution is 9.13. The number of hydrogen-bond donors (Lipinski definition) is 1. The fourth-order valence-electron chi connectivity index (χ4n) is 2.96. The first-order valence-electron chi connectivity index (χ1n) is 7.29. The summed E-state index contributed by atoms with van der Waals surface area (Å²) in [5.41, 5.74) is 0.792. The number of benzene rings is 1. The third kappa shape index (κ3) is 2.96. The molecule has 1 aliphatic carbocycles. The monoisotopic (exact) mass is 448 g/mol. The number of nitrogens with one attached hydrogen (secondary N) is 1. The van der Waals surface area contributed by atoms with Crippen molar-refractivity contribution in [3.05, 3.63) is 25.1 Å².